The zero-order valence-electron chi connectivity index (χ0n) is 15.5. The second kappa shape index (κ2) is 7.05. The minimum absolute atomic E-state index is 0.767. The summed E-state index contributed by atoms with van der Waals surface area (Å²) in [7, 11) is 0. The summed E-state index contributed by atoms with van der Waals surface area (Å²) in [6.07, 6.45) is 6.50. The van der Waals surface area contributed by atoms with Crippen LogP contribution < -0.4 is 10.2 Å². The zero-order chi connectivity index (χ0) is 18.2. The molecule has 1 aliphatic heterocycles. The second-order valence-corrected chi connectivity index (χ2v) is 8.22. The van der Waals surface area contributed by atoms with Gasteiger partial charge in [-0.15, -0.1) is 11.3 Å². The Morgan fingerprint density at radius 1 is 1.11 bits per heavy atom. The van der Waals surface area contributed by atoms with Gasteiger partial charge in [-0.25, -0.2) is 15.0 Å². The molecule has 0 unspecified atom stereocenters. The molecule has 1 saturated heterocycles. The summed E-state index contributed by atoms with van der Waals surface area (Å²) in [6.45, 7) is 5.37. The summed E-state index contributed by atoms with van der Waals surface area (Å²) in [6, 6.07) is 4.20. The summed E-state index contributed by atoms with van der Waals surface area (Å²) in [4.78, 5) is 18.8. The molecule has 7 heteroatoms. The van der Waals surface area contributed by atoms with Gasteiger partial charge in [0, 0.05) is 18.0 Å². The van der Waals surface area contributed by atoms with Crippen molar-refractivity contribution in [3.8, 4) is 0 Å². The number of morpholine rings is 1. The Hall–Kier alpha value is -2.25. The van der Waals surface area contributed by atoms with Crippen LogP contribution in [0.25, 0.3) is 10.2 Å². The number of ether oxygens (including phenoxy) is 1. The molecule has 0 aromatic carbocycles. The Bertz CT molecular complexity index is 980. The van der Waals surface area contributed by atoms with Crippen molar-refractivity contribution in [2.24, 2.45) is 0 Å². The quantitative estimate of drug-likeness (QED) is 0.743. The molecule has 0 saturated carbocycles. The fourth-order valence-electron chi connectivity index (χ4n) is 3.96. The normalized spacial score (nSPS) is 17.1. The van der Waals surface area contributed by atoms with E-state index in [-0.39, 0.29) is 0 Å². The van der Waals surface area contributed by atoms with Gasteiger partial charge >= 0.3 is 0 Å². The number of anilines is 3. The Morgan fingerprint density at radius 3 is 2.81 bits per heavy atom. The number of thiophene rings is 1. The van der Waals surface area contributed by atoms with E-state index in [0.717, 1.165) is 60.6 Å². The summed E-state index contributed by atoms with van der Waals surface area (Å²) < 4.78 is 5.44. The van der Waals surface area contributed by atoms with E-state index in [1.165, 1.54) is 35.1 Å². The van der Waals surface area contributed by atoms with Gasteiger partial charge in [-0.3, -0.25) is 0 Å². The van der Waals surface area contributed by atoms with Crippen LogP contribution in [0.4, 0.5) is 17.3 Å². The third-order valence-electron chi connectivity index (χ3n) is 5.41. The highest BCUT2D eigenvalue weighted by Crippen LogP contribution is 2.39. The maximum absolute atomic E-state index is 5.44. The molecular formula is C20H23N5OS. The lowest BCUT2D eigenvalue weighted by Gasteiger charge is -2.28. The molecular weight excluding hydrogens is 358 g/mol. The van der Waals surface area contributed by atoms with Gasteiger partial charge in [-0.1, -0.05) is 0 Å². The van der Waals surface area contributed by atoms with E-state index < -0.39 is 0 Å². The van der Waals surface area contributed by atoms with Crippen LogP contribution in [0.15, 0.2) is 18.5 Å². The highest BCUT2D eigenvalue weighted by atomic mass is 32.1. The largest absolute Gasteiger partial charge is 0.378 e. The average Bonchev–Trinajstić information content (AvgIpc) is 3.10. The van der Waals surface area contributed by atoms with Gasteiger partial charge in [-0.2, -0.15) is 0 Å². The first kappa shape index (κ1) is 16.9. The van der Waals surface area contributed by atoms with Crippen molar-refractivity contribution in [2.75, 3.05) is 36.5 Å². The molecule has 6 nitrogen and oxygen atoms in total. The molecule has 0 spiro atoms. The highest BCUT2D eigenvalue weighted by molar-refractivity contribution is 7.19. The Balaban J connectivity index is 1.47. The number of pyridine rings is 1. The molecule has 27 heavy (non-hydrogen) atoms. The van der Waals surface area contributed by atoms with Crippen molar-refractivity contribution < 1.29 is 4.74 Å². The lowest BCUT2D eigenvalue weighted by molar-refractivity contribution is 0.122. The Morgan fingerprint density at radius 2 is 1.96 bits per heavy atom. The van der Waals surface area contributed by atoms with E-state index in [4.69, 9.17) is 9.72 Å². The third kappa shape index (κ3) is 3.15. The molecule has 0 radical (unpaired) electrons. The molecule has 1 fully saturated rings. The van der Waals surface area contributed by atoms with E-state index in [0.29, 0.717) is 0 Å². The SMILES string of the molecule is Cc1nc(N2CCOCC2)ccc1Nc1ncnc2sc3c(c12)CCCC3. The summed E-state index contributed by atoms with van der Waals surface area (Å²) >= 11 is 1.82. The molecule has 3 aromatic rings. The number of nitrogens with one attached hydrogen (secondary N) is 1. The molecule has 1 aliphatic carbocycles. The van der Waals surface area contributed by atoms with Crippen LogP contribution in [0, 0.1) is 6.92 Å². The molecule has 1 N–H and O–H groups in total. The van der Waals surface area contributed by atoms with Crippen LogP contribution in [-0.4, -0.2) is 41.3 Å². The van der Waals surface area contributed by atoms with Crippen molar-refractivity contribution in [3.05, 3.63) is 34.6 Å². The Kier molecular flexibility index (Phi) is 4.41. The van der Waals surface area contributed by atoms with Gasteiger partial charge in [0.25, 0.3) is 0 Å². The number of fused-ring (bicyclic) bond motifs is 3. The molecule has 140 valence electrons. The standard InChI is InChI=1S/C20H23N5OS/c1-13-15(6-7-17(23-13)25-8-10-26-11-9-25)24-19-18-14-4-2-3-5-16(14)27-20(18)22-12-21-19/h6-7,12H,2-5,8-11H2,1H3,(H,21,22,24). The molecule has 0 atom stereocenters. The number of hydrogen-bond donors (Lipinski definition) is 1. The van der Waals surface area contributed by atoms with E-state index in [1.54, 1.807) is 6.33 Å². The molecule has 0 bridgehead atoms. The topological polar surface area (TPSA) is 63.2 Å². The number of aromatic nitrogens is 3. The van der Waals surface area contributed by atoms with Crippen LogP contribution in [0.5, 0.6) is 0 Å². The van der Waals surface area contributed by atoms with Gasteiger partial charge in [0.15, 0.2) is 0 Å². The smallest absolute Gasteiger partial charge is 0.142 e. The highest BCUT2D eigenvalue weighted by Gasteiger charge is 2.20. The summed E-state index contributed by atoms with van der Waals surface area (Å²) in [5.41, 5.74) is 3.43. The fourth-order valence-corrected chi connectivity index (χ4v) is 5.19. The van der Waals surface area contributed by atoms with Crippen LogP contribution >= 0.6 is 11.3 Å². The van der Waals surface area contributed by atoms with Crippen molar-refractivity contribution in [3.63, 3.8) is 0 Å². The summed E-state index contributed by atoms with van der Waals surface area (Å²) in [5.74, 6) is 1.92. The van der Waals surface area contributed by atoms with Crippen molar-refractivity contribution in [1.82, 2.24) is 15.0 Å². The molecule has 0 amide bonds. The zero-order valence-corrected chi connectivity index (χ0v) is 16.3. The van der Waals surface area contributed by atoms with E-state index in [2.05, 4.69) is 32.3 Å². The third-order valence-corrected chi connectivity index (χ3v) is 6.61. The van der Waals surface area contributed by atoms with E-state index in [9.17, 15) is 0 Å². The monoisotopic (exact) mass is 381 g/mol. The van der Waals surface area contributed by atoms with Gasteiger partial charge in [0.05, 0.1) is 30.0 Å². The minimum atomic E-state index is 0.767. The lowest BCUT2D eigenvalue weighted by atomic mass is 9.97. The van der Waals surface area contributed by atoms with Crippen LogP contribution in [0.2, 0.25) is 0 Å². The molecule has 4 heterocycles. The van der Waals surface area contributed by atoms with Crippen LogP contribution in [0.3, 0.4) is 0 Å². The van der Waals surface area contributed by atoms with E-state index in [1.807, 2.05) is 18.3 Å². The molecule has 5 rings (SSSR count). The summed E-state index contributed by atoms with van der Waals surface area (Å²) in [5, 5.41) is 4.73. The fraction of sp³-hybridized carbons (Fsp3) is 0.450. The van der Waals surface area contributed by atoms with E-state index >= 15 is 0 Å². The van der Waals surface area contributed by atoms with Gasteiger partial charge in [0.2, 0.25) is 0 Å². The lowest BCUT2D eigenvalue weighted by Crippen LogP contribution is -2.36. The number of hydrogen-bond acceptors (Lipinski definition) is 7. The van der Waals surface area contributed by atoms with Crippen molar-refractivity contribution in [2.45, 2.75) is 32.6 Å². The van der Waals surface area contributed by atoms with Crippen LogP contribution in [-0.2, 0) is 17.6 Å². The first-order valence-corrected chi connectivity index (χ1v) is 10.4. The van der Waals surface area contributed by atoms with Crippen LogP contribution in [0.1, 0.15) is 29.0 Å². The second-order valence-electron chi connectivity index (χ2n) is 7.14. The van der Waals surface area contributed by atoms with Crippen molar-refractivity contribution in [1.29, 1.82) is 0 Å². The number of rotatable bonds is 3. The maximum atomic E-state index is 5.44. The minimum Gasteiger partial charge on any atom is -0.378 e. The van der Waals surface area contributed by atoms with Crippen molar-refractivity contribution >= 4 is 38.9 Å². The predicted molar refractivity (Wildman–Crippen MR) is 109 cm³/mol. The van der Waals surface area contributed by atoms with Gasteiger partial charge in [-0.05, 0) is 50.3 Å². The maximum Gasteiger partial charge on any atom is 0.142 e. The average molecular weight is 382 g/mol. The van der Waals surface area contributed by atoms with Gasteiger partial charge < -0.3 is 15.0 Å². The first-order valence-electron chi connectivity index (χ1n) is 9.62. The molecule has 3 aromatic heterocycles. The number of aryl methyl sites for hydroxylation is 3. The molecule has 2 aliphatic rings. The Labute approximate surface area is 162 Å². The first-order chi connectivity index (χ1) is 13.3. The van der Waals surface area contributed by atoms with Gasteiger partial charge in [0.1, 0.15) is 22.8 Å². The number of nitrogens with zero attached hydrogens (tertiary/aromatic N) is 4. The predicted octanol–water partition coefficient (Wildman–Crippen LogP) is 3.85.